The minimum atomic E-state index is -0.994. The minimum Gasteiger partial charge on any atom is -0.497 e. The maximum Gasteiger partial charge on any atom is 0.337 e. The van der Waals surface area contributed by atoms with Crippen LogP contribution in [0.15, 0.2) is 48.7 Å². The molecule has 122 valence electrons. The maximum atomic E-state index is 11.4. The van der Waals surface area contributed by atoms with Crippen molar-refractivity contribution in [1.29, 1.82) is 0 Å². The van der Waals surface area contributed by atoms with E-state index in [1.807, 2.05) is 6.07 Å². The summed E-state index contributed by atoms with van der Waals surface area (Å²) in [6, 6.07) is 12.1. The van der Waals surface area contributed by atoms with Gasteiger partial charge in [0.25, 0.3) is 0 Å². The van der Waals surface area contributed by atoms with Crippen molar-refractivity contribution in [1.82, 2.24) is 4.98 Å². The normalized spacial score (nSPS) is 10.4. The lowest BCUT2D eigenvalue weighted by Gasteiger charge is -2.14. The Morgan fingerprint density at radius 3 is 2.58 bits per heavy atom. The number of para-hydroxylation sites is 1. The molecule has 0 unspecified atom stereocenters. The number of rotatable bonds is 5. The van der Waals surface area contributed by atoms with Crippen molar-refractivity contribution >= 4 is 28.2 Å². The number of nitrogens with zero attached hydrogens (tertiary/aromatic N) is 1. The average Bonchev–Trinajstić information content (AvgIpc) is 2.61. The second-order valence-corrected chi connectivity index (χ2v) is 5.06. The highest BCUT2D eigenvalue weighted by molar-refractivity contribution is 6.00. The molecule has 6 nitrogen and oxygen atoms in total. The van der Waals surface area contributed by atoms with Crippen molar-refractivity contribution in [3.63, 3.8) is 0 Å². The van der Waals surface area contributed by atoms with Crippen LogP contribution in [0.2, 0.25) is 0 Å². The molecule has 0 saturated carbocycles. The highest BCUT2D eigenvalue weighted by Gasteiger charge is 2.13. The molecule has 0 atom stereocenters. The van der Waals surface area contributed by atoms with Crippen molar-refractivity contribution in [2.75, 3.05) is 19.5 Å². The number of benzene rings is 2. The standard InChI is InChI=1S/C18H16N2O4/c1-23-11-9-13-15(7-8-19-17(13)16(10-11)24-2)20-14-6-4-3-5-12(14)18(21)22/h3-10H,1-2H3,(H,19,20)(H,21,22). The number of aromatic carboxylic acids is 1. The van der Waals surface area contributed by atoms with Gasteiger partial charge in [0.2, 0.25) is 0 Å². The van der Waals surface area contributed by atoms with Crippen LogP contribution in [0.4, 0.5) is 11.4 Å². The van der Waals surface area contributed by atoms with E-state index in [0.29, 0.717) is 28.4 Å². The molecule has 0 amide bonds. The molecule has 2 aromatic carbocycles. The van der Waals surface area contributed by atoms with Crippen LogP contribution in [-0.2, 0) is 0 Å². The van der Waals surface area contributed by atoms with E-state index in [1.54, 1.807) is 56.8 Å². The molecule has 0 aliphatic carbocycles. The number of carboxylic acids is 1. The number of aromatic nitrogens is 1. The van der Waals surface area contributed by atoms with Crippen molar-refractivity contribution in [2.45, 2.75) is 0 Å². The van der Waals surface area contributed by atoms with E-state index in [4.69, 9.17) is 9.47 Å². The number of carbonyl (C=O) groups is 1. The lowest BCUT2D eigenvalue weighted by atomic mass is 10.1. The van der Waals surface area contributed by atoms with Gasteiger partial charge in [-0.15, -0.1) is 0 Å². The Morgan fingerprint density at radius 1 is 1.08 bits per heavy atom. The van der Waals surface area contributed by atoms with Crippen molar-refractivity contribution in [3.05, 3.63) is 54.2 Å². The van der Waals surface area contributed by atoms with E-state index in [-0.39, 0.29) is 5.56 Å². The minimum absolute atomic E-state index is 0.192. The van der Waals surface area contributed by atoms with Crippen molar-refractivity contribution in [3.8, 4) is 11.5 Å². The molecule has 0 radical (unpaired) electrons. The molecule has 3 rings (SSSR count). The predicted molar refractivity (Wildman–Crippen MR) is 91.5 cm³/mol. The third-order valence-electron chi connectivity index (χ3n) is 3.67. The van der Waals surface area contributed by atoms with Gasteiger partial charge in [0.1, 0.15) is 17.0 Å². The summed E-state index contributed by atoms with van der Waals surface area (Å²) >= 11 is 0. The molecule has 1 heterocycles. The van der Waals surface area contributed by atoms with Crippen LogP contribution < -0.4 is 14.8 Å². The van der Waals surface area contributed by atoms with E-state index >= 15 is 0 Å². The first-order chi connectivity index (χ1) is 11.6. The molecule has 0 spiro atoms. The second-order valence-electron chi connectivity index (χ2n) is 5.06. The molecule has 24 heavy (non-hydrogen) atoms. The molecular formula is C18H16N2O4. The summed E-state index contributed by atoms with van der Waals surface area (Å²) < 4.78 is 10.7. The Balaban J connectivity index is 2.15. The van der Waals surface area contributed by atoms with E-state index in [9.17, 15) is 9.90 Å². The third kappa shape index (κ3) is 2.81. The van der Waals surface area contributed by atoms with Crippen LogP contribution in [-0.4, -0.2) is 30.3 Å². The zero-order chi connectivity index (χ0) is 17.1. The summed E-state index contributed by atoms with van der Waals surface area (Å²) in [5.74, 6) is 0.216. The summed E-state index contributed by atoms with van der Waals surface area (Å²) in [6.45, 7) is 0. The van der Waals surface area contributed by atoms with Gasteiger partial charge in [0, 0.05) is 23.3 Å². The number of fused-ring (bicyclic) bond motifs is 1. The number of anilines is 2. The quantitative estimate of drug-likeness (QED) is 0.745. The van der Waals surface area contributed by atoms with Crippen LogP contribution in [0, 0.1) is 0 Å². The molecule has 0 bridgehead atoms. The molecule has 3 aromatic rings. The predicted octanol–water partition coefficient (Wildman–Crippen LogP) is 3.69. The van der Waals surface area contributed by atoms with Gasteiger partial charge >= 0.3 is 5.97 Å². The highest BCUT2D eigenvalue weighted by Crippen LogP contribution is 2.35. The largest absolute Gasteiger partial charge is 0.497 e. The number of hydrogen-bond donors (Lipinski definition) is 2. The fourth-order valence-electron chi connectivity index (χ4n) is 2.50. The van der Waals surface area contributed by atoms with E-state index < -0.39 is 5.97 Å². The van der Waals surface area contributed by atoms with E-state index in [2.05, 4.69) is 10.3 Å². The van der Waals surface area contributed by atoms with Gasteiger partial charge in [-0.2, -0.15) is 0 Å². The van der Waals surface area contributed by atoms with Crippen LogP contribution in [0.5, 0.6) is 11.5 Å². The molecule has 0 aliphatic rings. The summed E-state index contributed by atoms with van der Waals surface area (Å²) in [6.07, 6.45) is 1.64. The van der Waals surface area contributed by atoms with Crippen LogP contribution >= 0.6 is 0 Å². The summed E-state index contributed by atoms with van der Waals surface area (Å²) in [7, 11) is 3.14. The van der Waals surface area contributed by atoms with E-state index in [0.717, 1.165) is 5.39 Å². The first kappa shape index (κ1) is 15.6. The second kappa shape index (κ2) is 6.45. The lowest BCUT2D eigenvalue weighted by molar-refractivity contribution is 0.0698. The van der Waals surface area contributed by atoms with Gasteiger partial charge in [0.15, 0.2) is 0 Å². The molecule has 6 heteroatoms. The molecule has 1 aromatic heterocycles. The van der Waals surface area contributed by atoms with Gasteiger partial charge in [0.05, 0.1) is 25.5 Å². The van der Waals surface area contributed by atoms with E-state index in [1.165, 1.54) is 0 Å². The van der Waals surface area contributed by atoms with Crippen molar-refractivity contribution in [2.24, 2.45) is 0 Å². The van der Waals surface area contributed by atoms with Crippen molar-refractivity contribution < 1.29 is 19.4 Å². The number of hydrogen-bond acceptors (Lipinski definition) is 5. The number of ether oxygens (including phenoxy) is 2. The zero-order valence-electron chi connectivity index (χ0n) is 13.2. The topological polar surface area (TPSA) is 80.7 Å². The number of methoxy groups -OCH3 is 2. The highest BCUT2D eigenvalue weighted by atomic mass is 16.5. The summed E-state index contributed by atoms with van der Waals surface area (Å²) in [4.78, 5) is 15.7. The first-order valence-electron chi connectivity index (χ1n) is 7.24. The van der Waals surface area contributed by atoms with Crippen LogP contribution in [0.25, 0.3) is 10.9 Å². The number of nitrogens with one attached hydrogen (secondary N) is 1. The fraction of sp³-hybridized carbons (Fsp3) is 0.111. The Bertz CT molecular complexity index is 909. The fourth-order valence-corrected chi connectivity index (χ4v) is 2.50. The number of pyridine rings is 1. The van der Waals surface area contributed by atoms with Gasteiger partial charge in [-0.1, -0.05) is 12.1 Å². The van der Waals surface area contributed by atoms with Gasteiger partial charge in [-0.05, 0) is 24.3 Å². The Labute approximate surface area is 138 Å². The summed E-state index contributed by atoms with van der Waals surface area (Å²) in [5, 5.41) is 13.3. The average molecular weight is 324 g/mol. The molecular weight excluding hydrogens is 308 g/mol. The molecule has 0 aliphatic heterocycles. The Kier molecular flexibility index (Phi) is 4.20. The third-order valence-corrected chi connectivity index (χ3v) is 3.67. The molecule has 0 fully saturated rings. The summed E-state index contributed by atoms with van der Waals surface area (Å²) in [5.41, 5.74) is 2.07. The smallest absolute Gasteiger partial charge is 0.337 e. The van der Waals surface area contributed by atoms with Gasteiger partial charge in [-0.25, -0.2) is 4.79 Å². The Morgan fingerprint density at radius 2 is 1.88 bits per heavy atom. The SMILES string of the molecule is COc1cc(OC)c2nccc(Nc3ccccc3C(=O)O)c2c1. The van der Waals surface area contributed by atoms with Crippen LogP contribution in [0.1, 0.15) is 10.4 Å². The van der Waals surface area contributed by atoms with Crippen LogP contribution in [0.3, 0.4) is 0 Å². The lowest BCUT2D eigenvalue weighted by Crippen LogP contribution is -2.03. The maximum absolute atomic E-state index is 11.4. The van der Waals surface area contributed by atoms with Gasteiger partial charge in [-0.3, -0.25) is 4.98 Å². The van der Waals surface area contributed by atoms with Gasteiger partial charge < -0.3 is 19.9 Å². The molecule has 0 saturated heterocycles. The molecule has 2 N–H and O–H groups in total. The number of carboxylic acid groups (broad SMARTS) is 1. The first-order valence-corrected chi connectivity index (χ1v) is 7.24. The monoisotopic (exact) mass is 324 g/mol. The Hall–Kier alpha value is -3.28. The zero-order valence-corrected chi connectivity index (χ0v) is 13.2.